The van der Waals surface area contributed by atoms with Crippen LogP contribution in [0.1, 0.15) is 0 Å². The highest BCUT2D eigenvalue weighted by Gasteiger charge is 2.24. The molecule has 0 saturated heterocycles. The third-order valence-corrected chi connectivity index (χ3v) is 11.1. The smallest absolute Gasteiger partial charge is 0.211 e. The predicted octanol–water partition coefficient (Wildman–Crippen LogP) is 13.7. The fraction of sp³-hybridized carbons (Fsp3) is 0. The molecule has 0 radical (unpaired) electrons. The zero-order valence-corrected chi connectivity index (χ0v) is 29.5. The zero-order valence-electron chi connectivity index (χ0n) is 29.5. The fourth-order valence-corrected chi connectivity index (χ4v) is 8.92. The van der Waals surface area contributed by atoms with E-state index in [9.17, 15) is 0 Å². The van der Waals surface area contributed by atoms with E-state index in [-0.39, 0.29) is 0 Å². The molecule has 5 heteroatoms. The summed E-state index contributed by atoms with van der Waals surface area (Å²) in [5.74, 6) is 0. The molecule has 254 valence electrons. The van der Waals surface area contributed by atoms with Gasteiger partial charge in [0.25, 0.3) is 0 Å². The van der Waals surface area contributed by atoms with Gasteiger partial charge in [-0.05, 0) is 53.4 Å². The third kappa shape index (κ3) is 4.27. The first-order valence-electron chi connectivity index (χ1n) is 18.3. The number of rotatable bonds is 4. The van der Waals surface area contributed by atoms with Crippen molar-refractivity contribution in [3.05, 3.63) is 199 Å². The monoisotopic (exact) mass is 699 g/mol. The first-order chi connectivity index (χ1) is 27.3. The van der Waals surface area contributed by atoms with E-state index in [0.29, 0.717) is 11.4 Å². The van der Waals surface area contributed by atoms with Crippen molar-refractivity contribution < 1.29 is 0 Å². The van der Waals surface area contributed by atoms with Crippen molar-refractivity contribution in [2.75, 3.05) is 0 Å². The standard InChI is InChI=1S/C50H29N5/c1-51-39-23-15-30-46-48(39)38-20-7-12-29-45(38)55(46)49-36(21-13-24-40(49)52-2)34-18-5-10-27-43(34)54-44-28-11-6-19-35(44)37-22-14-31-47(50(37)54)53-41-25-8-3-16-32(41)33-17-4-9-26-42(33)53/h3-31H. The molecule has 0 unspecified atom stereocenters. The maximum Gasteiger partial charge on any atom is 0.211 e. The van der Waals surface area contributed by atoms with Gasteiger partial charge < -0.3 is 13.7 Å². The van der Waals surface area contributed by atoms with Crippen molar-refractivity contribution in [2.45, 2.75) is 0 Å². The summed E-state index contributed by atoms with van der Waals surface area (Å²) in [6.45, 7) is 16.5. The van der Waals surface area contributed by atoms with Gasteiger partial charge in [-0.25, -0.2) is 9.69 Å². The van der Waals surface area contributed by atoms with Crippen molar-refractivity contribution in [1.82, 2.24) is 13.7 Å². The highest BCUT2D eigenvalue weighted by atomic mass is 15.1. The minimum absolute atomic E-state index is 0.538. The number of hydrogen-bond acceptors (Lipinski definition) is 0. The Labute approximate surface area is 316 Å². The molecule has 8 aromatic carbocycles. The average molecular weight is 700 g/mol. The summed E-state index contributed by atoms with van der Waals surface area (Å²) in [7, 11) is 0. The number of benzene rings is 8. The molecule has 0 amide bonds. The summed E-state index contributed by atoms with van der Waals surface area (Å²) in [6.07, 6.45) is 0. The normalized spacial score (nSPS) is 11.6. The second kappa shape index (κ2) is 11.8. The summed E-state index contributed by atoms with van der Waals surface area (Å²) in [5, 5.41) is 6.64. The van der Waals surface area contributed by atoms with Crippen LogP contribution in [0.4, 0.5) is 11.4 Å². The number of hydrogen-bond donors (Lipinski definition) is 0. The lowest BCUT2D eigenvalue weighted by molar-refractivity contribution is 1.13. The Hall–Kier alpha value is -7.86. The zero-order chi connectivity index (χ0) is 36.6. The van der Waals surface area contributed by atoms with E-state index in [1.165, 1.54) is 16.2 Å². The summed E-state index contributed by atoms with van der Waals surface area (Å²) in [6, 6.07) is 61.2. The van der Waals surface area contributed by atoms with Gasteiger partial charge >= 0.3 is 0 Å². The van der Waals surface area contributed by atoms with Crippen LogP contribution in [-0.4, -0.2) is 13.7 Å². The molecule has 0 aliphatic heterocycles. The van der Waals surface area contributed by atoms with Gasteiger partial charge in [-0.3, -0.25) is 0 Å². The highest BCUT2D eigenvalue weighted by molar-refractivity contribution is 6.17. The molecule has 0 bridgehead atoms. The summed E-state index contributed by atoms with van der Waals surface area (Å²) in [4.78, 5) is 8.05. The summed E-state index contributed by atoms with van der Waals surface area (Å²) >= 11 is 0. The average Bonchev–Trinajstić information content (AvgIpc) is 3.89. The second-order valence-corrected chi connectivity index (χ2v) is 13.8. The molecule has 11 aromatic rings. The number of nitrogens with zero attached hydrogens (tertiary/aromatic N) is 5. The van der Waals surface area contributed by atoms with E-state index in [1.807, 2.05) is 36.4 Å². The molecule has 0 spiro atoms. The Morgan fingerprint density at radius 1 is 0.327 bits per heavy atom. The van der Waals surface area contributed by atoms with Gasteiger partial charge in [0.05, 0.1) is 57.8 Å². The van der Waals surface area contributed by atoms with E-state index in [4.69, 9.17) is 13.1 Å². The Kier molecular flexibility index (Phi) is 6.61. The molecular weight excluding hydrogens is 671 g/mol. The van der Waals surface area contributed by atoms with Gasteiger partial charge in [0, 0.05) is 38.0 Å². The fourth-order valence-electron chi connectivity index (χ4n) is 8.92. The Bertz CT molecular complexity index is 3420. The molecule has 3 aromatic heterocycles. The first kappa shape index (κ1) is 30.7. The molecule has 5 nitrogen and oxygen atoms in total. The lowest BCUT2D eigenvalue weighted by Crippen LogP contribution is -2.03. The molecule has 55 heavy (non-hydrogen) atoms. The van der Waals surface area contributed by atoms with Crippen LogP contribution < -0.4 is 0 Å². The maximum absolute atomic E-state index is 8.44. The van der Waals surface area contributed by atoms with Crippen LogP contribution in [-0.2, 0) is 0 Å². The largest absolute Gasteiger partial charge is 0.320 e. The van der Waals surface area contributed by atoms with Crippen LogP contribution in [0.2, 0.25) is 0 Å². The van der Waals surface area contributed by atoms with Crippen LogP contribution >= 0.6 is 0 Å². The van der Waals surface area contributed by atoms with Crippen LogP contribution in [0.3, 0.4) is 0 Å². The molecule has 0 N–H and O–H groups in total. The van der Waals surface area contributed by atoms with Crippen molar-refractivity contribution >= 4 is 76.8 Å². The van der Waals surface area contributed by atoms with Gasteiger partial charge in [0.15, 0.2) is 5.69 Å². The van der Waals surface area contributed by atoms with Crippen LogP contribution in [0.25, 0.3) is 103 Å². The van der Waals surface area contributed by atoms with Crippen molar-refractivity contribution in [1.29, 1.82) is 0 Å². The molecule has 0 fully saturated rings. The number of para-hydroxylation sites is 7. The van der Waals surface area contributed by atoms with E-state index < -0.39 is 0 Å². The topological polar surface area (TPSA) is 23.5 Å². The molecule has 3 heterocycles. The maximum atomic E-state index is 8.44. The molecular formula is C50H29N5. The van der Waals surface area contributed by atoms with Gasteiger partial charge in [0.2, 0.25) is 5.69 Å². The van der Waals surface area contributed by atoms with Crippen molar-refractivity contribution in [3.63, 3.8) is 0 Å². The first-order valence-corrected chi connectivity index (χ1v) is 18.3. The minimum atomic E-state index is 0.538. The van der Waals surface area contributed by atoms with Crippen LogP contribution in [0, 0.1) is 13.1 Å². The quantitative estimate of drug-likeness (QED) is 0.163. The number of fused-ring (bicyclic) bond motifs is 9. The molecule has 11 rings (SSSR count). The Morgan fingerprint density at radius 2 is 0.782 bits per heavy atom. The number of aromatic nitrogens is 3. The molecule has 0 saturated carbocycles. The third-order valence-electron chi connectivity index (χ3n) is 11.1. The van der Waals surface area contributed by atoms with Crippen molar-refractivity contribution in [3.8, 4) is 28.2 Å². The predicted molar refractivity (Wildman–Crippen MR) is 227 cm³/mol. The van der Waals surface area contributed by atoms with E-state index in [2.05, 4.69) is 163 Å². The molecule has 0 atom stereocenters. The van der Waals surface area contributed by atoms with E-state index in [1.54, 1.807) is 0 Å². The second-order valence-electron chi connectivity index (χ2n) is 13.8. The lowest BCUT2D eigenvalue weighted by Gasteiger charge is -2.20. The van der Waals surface area contributed by atoms with E-state index in [0.717, 1.165) is 77.4 Å². The van der Waals surface area contributed by atoms with Gasteiger partial charge in [0.1, 0.15) is 0 Å². The van der Waals surface area contributed by atoms with Crippen molar-refractivity contribution in [2.24, 2.45) is 0 Å². The van der Waals surface area contributed by atoms with Gasteiger partial charge in [-0.2, -0.15) is 0 Å². The Morgan fingerprint density at radius 3 is 1.47 bits per heavy atom. The highest BCUT2D eigenvalue weighted by Crippen LogP contribution is 2.46. The van der Waals surface area contributed by atoms with Gasteiger partial charge in [-0.1, -0.05) is 133 Å². The summed E-state index contributed by atoms with van der Waals surface area (Å²) in [5.41, 5.74) is 12.3. The van der Waals surface area contributed by atoms with Gasteiger partial charge in [-0.15, -0.1) is 0 Å². The van der Waals surface area contributed by atoms with E-state index >= 15 is 0 Å². The Balaban J connectivity index is 1.28. The molecule has 0 aliphatic rings. The van der Waals surface area contributed by atoms with Crippen LogP contribution in [0.15, 0.2) is 176 Å². The SMILES string of the molecule is [C-]#[N+]c1cccc(-c2ccccc2-n2c3ccccc3c3cccc(-n4c5ccccc5c5ccccc54)c32)c1-n1c2ccccc2c2c([N+]#[C-])cccc21. The summed E-state index contributed by atoms with van der Waals surface area (Å²) < 4.78 is 7.01. The molecule has 0 aliphatic carbocycles. The minimum Gasteiger partial charge on any atom is -0.320 e. The lowest BCUT2D eigenvalue weighted by atomic mass is 9.99. The van der Waals surface area contributed by atoms with Crippen LogP contribution in [0.5, 0.6) is 0 Å².